The van der Waals surface area contributed by atoms with E-state index in [9.17, 15) is 13.2 Å². The zero-order chi connectivity index (χ0) is 25.0. The van der Waals surface area contributed by atoms with E-state index in [4.69, 9.17) is 9.47 Å². The minimum absolute atomic E-state index is 0.0882. The summed E-state index contributed by atoms with van der Waals surface area (Å²) in [6.07, 6.45) is 2.97. The first-order valence-corrected chi connectivity index (χ1v) is 12.5. The lowest BCUT2D eigenvalue weighted by atomic mass is 10.1. The van der Waals surface area contributed by atoms with Crippen molar-refractivity contribution in [3.8, 4) is 5.88 Å². The second kappa shape index (κ2) is 10.3. The number of hydrogen-bond acceptors (Lipinski definition) is 8. The molecule has 184 valence electrons. The van der Waals surface area contributed by atoms with E-state index in [-0.39, 0.29) is 22.2 Å². The Morgan fingerprint density at radius 2 is 1.77 bits per heavy atom. The molecule has 1 aliphatic rings. The zero-order valence-corrected chi connectivity index (χ0v) is 20.6. The number of sulfonamides is 1. The molecule has 1 fully saturated rings. The van der Waals surface area contributed by atoms with Crippen molar-refractivity contribution in [2.45, 2.75) is 18.7 Å². The molecule has 1 aliphatic heterocycles. The molecule has 0 bridgehead atoms. The lowest BCUT2D eigenvalue weighted by Crippen LogP contribution is -2.36. The molecule has 0 saturated carbocycles. The first kappa shape index (κ1) is 24.4. The Labute approximate surface area is 204 Å². The lowest BCUT2D eigenvalue weighted by molar-refractivity contribution is 0.102. The maximum Gasteiger partial charge on any atom is 0.274 e. The second-order valence-corrected chi connectivity index (χ2v) is 9.71. The van der Waals surface area contributed by atoms with Gasteiger partial charge in [0.1, 0.15) is 5.69 Å². The molecule has 0 aliphatic carbocycles. The van der Waals surface area contributed by atoms with Crippen molar-refractivity contribution in [2.24, 2.45) is 0 Å². The Morgan fingerprint density at radius 3 is 2.40 bits per heavy atom. The SMILES string of the molecule is COc1ncc(NC(=O)c2ccc(N3CCOCC3)cn2)cc1S(=O)(=O)Nc1c(C)cccc1C. The van der Waals surface area contributed by atoms with Crippen molar-refractivity contribution >= 4 is 33.0 Å². The van der Waals surface area contributed by atoms with Gasteiger partial charge < -0.3 is 19.7 Å². The molecule has 35 heavy (non-hydrogen) atoms. The molecule has 0 unspecified atom stereocenters. The molecule has 1 amide bonds. The monoisotopic (exact) mass is 497 g/mol. The number of rotatable bonds is 7. The summed E-state index contributed by atoms with van der Waals surface area (Å²) in [5.41, 5.74) is 3.32. The van der Waals surface area contributed by atoms with Crippen LogP contribution in [0.25, 0.3) is 0 Å². The molecule has 10 nitrogen and oxygen atoms in total. The molecule has 11 heteroatoms. The number of anilines is 3. The molecule has 2 N–H and O–H groups in total. The number of pyridine rings is 2. The summed E-state index contributed by atoms with van der Waals surface area (Å²) < 4.78 is 39.6. The van der Waals surface area contributed by atoms with E-state index in [0.717, 1.165) is 29.9 Å². The van der Waals surface area contributed by atoms with Crippen LogP contribution in [0.5, 0.6) is 5.88 Å². The fourth-order valence-corrected chi connectivity index (χ4v) is 5.08. The summed E-state index contributed by atoms with van der Waals surface area (Å²) in [6.45, 7) is 6.45. The highest BCUT2D eigenvalue weighted by Crippen LogP contribution is 2.29. The quantitative estimate of drug-likeness (QED) is 0.511. The van der Waals surface area contributed by atoms with Crippen LogP contribution in [0.3, 0.4) is 0 Å². The topological polar surface area (TPSA) is 123 Å². The van der Waals surface area contributed by atoms with Crippen molar-refractivity contribution in [3.05, 3.63) is 65.6 Å². The maximum atomic E-state index is 13.2. The minimum atomic E-state index is -4.06. The molecule has 0 atom stereocenters. The van der Waals surface area contributed by atoms with Crippen molar-refractivity contribution in [3.63, 3.8) is 0 Å². The third-order valence-corrected chi connectivity index (χ3v) is 6.98. The van der Waals surface area contributed by atoms with E-state index in [2.05, 4.69) is 24.9 Å². The third-order valence-electron chi connectivity index (χ3n) is 5.63. The molecule has 0 radical (unpaired) electrons. The van der Waals surface area contributed by atoms with E-state index >= 15 is 0 Å². The number of morpholine rings is 1. The number of carbonyl (C=O) groups excluding carboxylic acids is 1. The molecule has 4 rings (SSSR count). The molecule has 1 aromatic carbocycles. The largest absolute Gasteiger partial charge is 0.480 e. The normalized spacial score (nSPS) is 13.9. The van der Waals surface area contributed by atoms with Crippen molar-refractivity contribution in [1.82, 2.24) is 9.97 Å². The van der Waals surface area contributed by atoms with Crippen LogP contribution in [0.1, 0.15) is 21.6 Å². The Hall–Kier alpha value is -3.70. The molecular formula is C24H27N5O5S. The average Bonchev–Trinajstić information content (AvgIpc) is 2.87. The summed E-state index contributed by atoms with van der Waals surface area (Å²) in [7, 11) is -2.73. The zero-order valence-electron chi connectivity index (χ0n) is 19.7. The van der Waals surface area contributed by atoms with E-state index in [1.165, 1.54) is 19.4 Å². The predicted octanol–water partition coefficient (Wildman–Crippen LogP) is 2.99. The van der Waals surface area contributed by atoms with Gasteiger partial charge in [0, 0.05) is 13.1 Å². The van der Waals surface area contributed by atoms with Crippen LogP contribution < -0.4 is 19.7 Å². The number of benzene rings is 1. The summed E-state index contributed by atoms with van der Waals surface area (Å²) in [4.78, 5) is 23.0. The van der Waals surface area contributed by atoms with Crippen LogP contribution in [-0.2, 0) is 14.8 Å². The summed E-state index contributed by atoms with van der Waals surface area (Å²) in [6, 6.07) is 10.2. The third kappa shape index (κ3) is 5.52. The summed E-state index contributed by atoms with van der Waals surface area (Å²) in [5, 5.41) is 2.66. The number of para-hydroxylation sites is 1. The Kier molecular flexibility index (Phi) is 7.17. The van der Waals surface area contributed by atoms with Gasteiger partial charge in [0.2, 0.25) is 5.88 Å². The molecule has 0 spiro atoms. The highest BCUT2D eigenvalue weighted by atomic mass is 32.2. The number of hydrogen-bond donors (Lipinski definition) is 2. The summed E-state index contributed by atoms with van der Waals surface area (Å²) >= 11 is 0. The van der Waals surface area contributed by atoms with Gasteiger partial charge in [-0.3, -0.25) is 9.52 Å². The van der Waals surface area contributed by atoms with Gasteiger partial charge in [-0.1, -0.05) is 18.2 Å². The van der Waals surface area contributed by atoms with Gasteiger partial charge in [0.15, 0.2) is 4.90 Å². The fourth-order valence-electron chi connectivity index (χ4n) is 3.74. The van der Waals surface area contributed by atoms with E-state index in [1.54, 1.807) is 12.3 Å². The second-order valence-electron chi connectivity index (χ2n) is 8.06. The number of aromatic nitrogens is 2. The highest BCUT2D eigenvalue weighted by molar-refractivity contribution is 7.92. The molecule has 1 saturated heterocycles. The van der Waals surface area contributed by atoms with Gasteiger partial charge in [-0.05, 0) is 43.2 Å². The van der Waals surface area contributed by atoms with Crippen LogP contribution >= 0.6 is 0 Å². The number of amides is 1. The minimum Gasteiger partial charge on any atom is -0.480 e. The standard InChI is InChI=1S/C24H27N5O5S/c1-16-5-4-6-17(2)22(16)28-35(31,32)21-13-18(14-26-24(21)33-3)27-23(30)20-8-7-19(15-25-20)29-9-11-34-12-10-29/h4-8,13-15,28H,9-12H2,1-3H3,(H,27,30). The van der Waals surface area contributed by atoms with E-state index in [1.807, 2.05) is 38.1 Å². The fraction of sp³-hybridized carbons (Fsp3) is 0.292. The first-order valence-electron chi connectivity index (χ1n) is 11.0. The Balaban J connectivity index is 1.55. The number of aryl methyl sites for hydroxylation is 2. The van der Waals surface area contributed by atoms with Gasteiger partial charge >= 0.3 is 0 Å². The van der Waals surface area contributed by atoms with Crippen LogP contribution in [0.15, 0.2) is 53.7 Å². The van der Waals surface area contributed by atoms with Gasteiger partial charge in [0.25, 0.3) is 15.9 Å². The smallest absolute Gasteiger partial charge is 0.274 e. The number of carbonyl (C=O) groups is 1. The Bertz CT molecular complexity index is 1300. The number of nitrogens with zero attached hydrogens (tertiary/aromatic N) is 3. The first-order chi connectivity index (χ1) is 16.8. The van der Waals surface area contributed by atoms with E-state index in [0.29, 0.717) is 18.9 Å². The van der Waals surface area contributed by atoms with Crippen LogP contribution in [0, 0.1) is 13.8 Å². The van der Waals surface area contributed by atoms with Crippen LogP contribution in [-0.4, -0.2) is 57.7 Å². The predicted molar refractivity (Wildman–Crippen MR) is 133 cm³/mol. The molecule has 3 aromatic rings. The van der Waals surface area contributed by atoms with Gasteiger partial charge in [-0.2, -0.15) is 0 Å². The lowest BCUT2D eigenvalue weighted by Gasteiger charge is -2.28. The van der Waals surface area contributed by atoms with Crippen LogP contribution in [0.4, 0.5) is 17.1 Å². The van der Waals surface area contributed by atoms with Crippen molar-refractivity contribution in [1.29, 1.82) is 0 Å². The molecular weight excluding hydrogens is 470 g/mol. The van der Waals surface area contributed by atoms with Crippen molar-refractivity contribution < 1.29 is 22.7 Å². The van der Waals surface area contributed by atoms with E-state index < -0.39 is 15.9 Å². The van der Waals surface area contributed by atoms with Gasteiger partial charge in [0.05, 0.1) is 49.8 Å². The molecule has 2 aromatic heterocycles. The summed E-state index contributed by atoms with van der Waals surface area (Å²) in [5.74, 6) is -0.578. The maximum absolute atomic E-state index is 13.2. The number of methoxy groups -OCH3 is 1. The highest BCUT2D eigenvalue weighted by Gasteiger charge is 2.24. The molecule has 3 heterocycles. The number of ether oxygens (including phenoxy) is 2. The average molecular weight is 498 g/mol. The van der Waals surface area contributed by atoms with Gasteiger partial charge in [-0.15, -0.1) is 0 Å². The van der Waals surface area contributed by atoms with Crippen molar-refractivity contribution in [2.75, 3.05) is 48.4 Å². The number of nitrogens with one attached hydrogen (secondary N) is 2. The Morgan fingerprint density at radius 1 is 1.06 bits per heavy atom. The van der Waals surface area contributed by atoms with Gasteiger partial charge in [-0.25, -0.2) is 18.4 Å². The van der Waals surface area contributed by atoms with Crippen LogP contribution in [0.2, 0.25) is 0 Å².